The van der Waals surface area contributed by atoms with Gasteiger partial charge in [-0.3, -0.25) is 0 Å². The van der Waals surface area contributed by atoms with Crippen molar-refractivity contribution in [3.8, 4) is 34.5 Å². The van der Waals surface area contributed by atoms with Crippen LogP contribution < -0.4 is 28.4 Å². The highest BCUT2D eigenvalue weighted by atomic mass is 16.6. The van der Waals surface area contributed by atoms with Crippen LogP contribution in [0.1, 0.15) is 43.2 Å². The largest absolute Gasteiger partial charge is 0.491 e. The van der Waals surface area contributed by atoms with Crippen molar-refractivity contribution in [1.82, 2.24) is 0 Å². The molecule has 2 aromatic carbocycles. The van der Waals surface area contributed by atoms with Crippen LogP contribution in [-0.2, 0) is 33.8 Å². The Morgan fingerprint density at radius 1 is 0.404 bits per heavy atom. The van der Waals surface area contributed by atoms with E-state index in [0.29, 0.717) is 114 Å². The number of rotatable bonds is 20. The quantitative estimate of drug-likeness (QED) is 0.183. The van der Waals surface area contributed by atoms with E-state index < -0.39 is 5.41 Å². The molecule has 12 heteroatoms. The second-order valence-corrected chi connectivity index (χ2v) is 16.4. The molecule has 6 saturated heterocycles. The molecule has 10 aliphatic rings. The topological polar surface area (TPSA) is 131 Å². The molecule has 0 N–H and O–H groups in total. The molecule has 4 aliphatic carbocycles. The maximum Gasteiger partial charge on any atom is 0.130 e. The third kappa shape index (κ3) is 6.79. The van der Waals surface area contributed by atoms with E-state index >= 15 is 0 Å². The van der Waals surface area contributed by atoms with Gasteiger partial charge in [-0.05, 0) is 55.8 Å². The average molecular weight is 721 g/mol. The molecule has 4 bridgehead atoms. The summed E-state index contributed by atoms with van der Waals surface area (Å²) >= 11 is 0. The molecule has 4 saturated carbocycles. The average Bonchev–Trinajstić information content (AvgIpc) is 3.94. The minimum atomic E-state index is -0.553. The van der Waals surface area contributed by atoms with Crippen LogP contribution in [0.5, 0.6) is 34.5 Å². The smallest absolute Gasteiger partial charge is 0.130 e. The summed E-state index contributed by atoms with van der Waals surface area (Å²) in [5, 5.41) is 0. The molecule has 0 amide bonds. The van der Waals surface area contributed by atoms with Crippen molar-refractivity contribution in [2.24, 2.45) is 23.7 Å². The molecule has 6 atom stereocenters. The molecule has 2 aromatic rings. The monoisotopic (exact) mass is 720 g/mol. The van der Waals surface area contributed by atoms with Gasteiger partial charge in [-0.15, -0.1) is 0 Å². The lowest BCUT2D eigenvalue weighted by molar-refractivity contribution is -0.0458. The molecule has 0 aromatic heterocycles. The number of hydrogen-bond acceptors (Lipinski definition) is 12. The SMILES string of the molecule is c1c(OCC2CO2)cc(OCC2CO2)c(C2(c3c(OCC4CO4)cc(OCC4CO4)cc3OCC3CO3)C3CC4CC(C3)CC2C4)c1OCC1CO1. The maximum absolute atomic E-state index is 6.87. The summed E-state index contributed by atoms with van der Waals surface area (Å²) in [6.45, 7) is 6.97. The van der Waals surface area contributed by atoms with Crippen LogP contribution in [0, 0.1) is 23.7 Å². The fraction of sp³-hybridized carbons (Fsp3) is 0.700. The first-order chi connectivity index (χ1) is 25.6. The van der Waals surface area contributed by atoms with Gasteiger partial charge in [0.05, 0.1) is 39.6 Å². The van der Waals surface area contributed by atoms with Gasteiger partial charge >= 0.3 is 0 Å². The van der Waals surface area contributed by atoms with E-state index in [4.69, 9.17) is 56.8 Å². The van der Waals surface area contributed by atoms with Crippen molar-refractivity contribution < 1.29 is 56.8 Å². The minimum absolute atomic E-state index is 0.0673. The highest BCUT2D eigenvalue weighted by Crippen LogP contribution is 2.70. The standard InChI is InChI=1S/C40H48O12/c1-22-2-24-4-23(1)5-25(3-22)40(24,38-34(49-18-30-14-45-30)6-26(41-10-28-12-43-28)7-35(38)50-19-31-15-46-31)39-36(51-20-32-16-47-32)8-27(42-11-29-13-44-29)9-37(39)52-21-33-17-48-33/h6-9,22-25,28-33H,1-5,10-21H2. The molecule has 12 nitrogen and oxygen atoms in total. The second-order valence-electron chi connectivity index (χ2n) is 16.4. The first-order valence-electron chi connectivity index (χ1n) is 19.5. The van der Waals surface area contributed by atoms with Gasteiger partial charge in [-0.2, -0.15) is 0 Å². The molecule has 6 heterocycles. The van der Waals surface area contributed by atoms with Crippen LogP contribution in [-0.4, -0.2) is 116 Å². The van der Waals surface area contributed by atoms with E-state index in [1.54, 1.807) is 0 Å². The number of benzene rings is 2. The van der Waals surface area contributed by atoms with E-state index in [0.717, 1.165) is 59.8 Å². The molecular formula is C40H48O12. The third-order valence-corrected chi connectivity index (χ3v) is 12.3. The first kappa shape index (κ1) is 32.4. The molecule has 0 radical (unpaired) electrons. The first-order valence-corrected chi connectivity index (χ1v) is 19.5. The molecular weight excluding hydrogens is 672 g/mol. The predicted octanol–water partition coefficient (Wildman–Crippen LogP) is 4.09. The highest BCUT2D eigenvalue weighted by Gasteiger charge is 2.62. The van der Waals surface area contributed by atoms with E-state index in [9.17, 15) is 0 Å². The Morgan fingerprint density at radius 2 is 0.673 bits per heavy atom. The summed E-state index contributed by atoms with van der Waals surface area (Å²) in [6.07, 6.45) is 6.28. The van der Waals surface area contributed by atoms with Gasteiger partial charge in [0.25, 0.3) is 0 Å². The maximum atomic E-state index is 6.87. The van der Waals surface area contributed by atoms with Crippen molar-refractivity contribution in [2.75, 3.05) is 79.3 Å². The summed E-state index contributed by atoms with van der Waals surface area (Å²) in [7, 11) is 0. The molecule has 0 spiro atoms. The van der Waals surface area contributed by atoms with Crippen molar-refractivity contribution in [3.63, 3.8) is 0 Å². The molecule has 6 aliphatic heterocycles. The Morgan fingerprint density at radius 3 is 0.942 bits per heavy atom. The van der Waals surface area contributed by atoms with Crippen molar-refractivity contribution in [3.05, 3.63) is 35.4 Å². The summed E-state index contributed by atoms with van der Waals surface area (Å²) < 4.78 is 73.9. The van der Waals surface area contributed by atoms with E-state index in [1.807, 2.05) is 0 Å². The minimum Gasteiger partial charge on any atom is -0.491 e. The van der Waals surface area contributed by atoms with E-state index in [-0.39, 0.29) is 36.6 Å². The summed E-state index contributed by atoms with van der Waals surface area (Å²) in [4.78, 5) is 0. The van der Waals surface area contributed by atoms with Crippen LogP contribution in [0.25, 0.3) is 0 Å². The van der Waals surface area contributed by atoms with Crippen LogP contribution in [0.3, 0.4) is 0 Å². The van der Waals surface area contributed by atoms with Crippen LogP contribution in [0.2, 0.25) is 0 Å². The lowest BCUT2D eigenvalue weighted by Crippen LogP contribution is -2.56. The van der Waals surface area contributed by atoms with Crippen molar-refractivity contribution in [2.45, 2.75) is 74.1 Å². The van der Waals surface area contributed by atoms with E-state index in [2.05, 4.69) is 24.3 Å². The molecule has 280 valence electrons. The Kier molecular flexibility index (Phi) is 8.16. The van der Waals surface area contributed by atoms with Gasteiger partial charge in [0.15, 0.2) is 0 Å². The normalized spacial score (nSPS) is 38.0. The van der Waals surface area contributed by atoms with Crippen LogP contribution >= 0.6 is 0 Å². The number of ether oxygens (including phenoxy) is 12. The summed E-state index contributed by atoms with van der Waals surface area (Å²) in [5.74, 6) is 6.47. The summed E-state index contributed by atoms with van der Waals surface area (Å²) in [5.41, 5.74) is 1.55. The summed E-state index contributed by atoms with van der Waals surface area (Å²) in [6, 6.07) is 8.27. The van der Waals surface area contributed by atoms with Gasteiger partial charge in [0.1, 0.15) is 111 Å². The Labute approximate surface area is 303 Å². The number of epoxide rings is 6. The Bertz CT molecular complexity index is 1440. The second kappa shape index (κ2) is 13.1. The lowest BCUT2D eigenvalue weighted by Gasteiger charge is -2.62. The van der Waals surface area contributed by atoms with Crippen molar-refractivity contribution >= 4 is 0 Å². The van der Waals surface area contributed by atoms with Gasteiger partial charge in [-0.25, -0.2) is 0 Å². The van der Waals surface area contributed by atoms with Gasteiger partial charge in [0, 0.05) is 40.8 Å². The molecule has 52 heavy (non-hydrogen) atoms. The fourth-order valence-corrected chi connectivity index (χ4v) is 9.53. The van der Waals surface area contributed by atoms with Crippen molar-refractivity contribution in [1.29, 1.82) is 0 Å². The Hall–Kier alpha value is -3.00. The lowest BCUT2D eigenvalue weighted by atomic mass is 9.42. The van der Waals surface area contributed by atoms with Gasteiger partial charge in [0.2, 0.25) is 0 Å². The molecule has 6 unspecified atom stereocenters. The van der Waals surface area contributed by atoms with Gasteiger partial charge < -0.3 is 56.8 Å². The van der Waals surface area contributed by atoms with Crippen LogP contribution in [0.4, 0.5) is 0 Å². The zero-order valence-electron chi connectivity index (χ0n) is 29.5. The van der Waals surface area contributed by atoms with Gasteiger partial charge in [-0.1, -0.05) is 0 Å². The van der Waals surface area contributed by atoms with E-state index in [1.165, 1.54) is 6.42 Å². The fourth-order valence-electron chi connectivity index (χ4n) is 9.53. The Balaban J connectivity index is 1.11. The van der Waals surface area contributed by atoms with Crippen LogP contribution in [0.15, 0.2) is 24.3 Å². The molecule has 10 fully saturated rings. The zero-order chi connectivity index (χ0) is 34.2. The predicted molar refractivity (Wildman–Crippen MR) is 182 cm³/mol. The third-order valence-electron chi connectivity index (χ3n) is 12.3. The zero-order valence-corrected chi connectivity index (χ0v) is 29.5. The highest BCUT2D eigenvalue weighted by molar-refractivity contribution is 5.66. The molecule has 12 rings (SSSR count). The number of hydrogen-bond donors (Lipinski definition) is 0.